The van der Waals surface area contributed by atoms with Crippen LogP contribution in [0.3, 0.4) is 0 Å². The second-order valence-corrected chi connectivity index (χ2v) is 9.06. The second-order valence-electron chi connectivity index (χ2n) is 5.77. The van der Waals surface area contributed by atoms with E-state index in [1.54, 1.807) is 11.3 Å². The van der Waals surface area contributed by atoms with Crippen molar-refractivity contribution in [3.63, 3.8) is 0 Å². The summed E-state index contributed by atoms with van der Waals surface area (Å²) >= 11 is 1.61. The maximum absolute atomic E-state index is 12.0. The van der Waals surface area contributed by atoms with Gasteiger partial charge < -0.3 is 5.32 Å². The fraction of sp³-hybridized carbons (Fsp3) is 0.375. The van der Waals surface area contributed by atoms with Gasteiger partial charge in [-0.25, -0.2) is 13.4 Å². The van der Waals surface area contributed by atoms with Crippen LogP contribution in [0.25, 0.3) is 11.3 Å². The third kappa shape index (κ3) is 3.97. The Balaban J connectivity index is 1.58. The molecule has 2 heterocycles. The van der Waals surface area contributed by atoms with Gasteiger partial charge in [-0.3, -0.25) is 4.79 Å². The van der Waals surface area contributed by atoms with Gasteiger partial charge in [0.15, 0.2) is 9.84 Å². The summed E-state index contributed by atoms with van der Waals surface area (Å²) in [6, 6.07) is 7.87. The van der Waals surface area contributed by atoms with Crippen molar-refractivity contribution in [2.24, 2.45) is 5.92 Å². The minimum absolute atomic E-state index is 0.0268. The van der Waals surface area contributed by atoms with Gasteiger partial charge in [-0.05, 0) is 18.9 Å². The van der Waals surface area contributed by atoms with Crippen LogP contribution >= 0.6 is 11.3 Å². The smallest absolute Gasteiger partial charge is 0.224 e. The molecule has 1 aromatic heterocycles. The summed E-state index contributed by atoms with van der Waals surface area (Å²) in [7, 11) is -3.02. The van der Waals surface area contributed by atoms with Crippen molar-refractivity contribution in [2.75, 3.05) is 11.5 Å². The molecule has 0 radical (unpaired) electrons. The molecule has 2 aromatic rings. The van der Waals surface area contributed by atoms with Crippen LogP contribution in [-0.2, 0) is 21.2 Å². The normalized spacial score (nSPS) is 19.6. The summed E-state index contributed by atoms with van der Waals surface area (Å²) in [5.74, 6) is -0.490. The SMILES string of the molecule is Cc1nc(-c2ccc(CNC(=O)C3CCS(=O)(=O)C3)cc2)cs1. The third-order valence-electron chi connectivity index (χ3n) is 3.94. The van der Waals surface area contributed by atoms with E-state index in [0.29, 0.717) is 13.0 Å². The molecule has 1 unspecified atom stereocenters. The Kier molecular flexibility index (Phi) is 4.50. The summed E-state index contributed by atoms with van der Waals surface area (Å²) in [5, 5.41) is 5.88. The van der Waals surface area contributed by atoms with Crippen molar-refractivity contribution in [3.8, 4) is 11.3 Å². The van der Waals surface area contributed by atoms with E-state index in [1.807, 2.05) is 36.6 Å². The topological polar surface area (TPSA) is 76.1 Å². The summed E-state index contributed by atoms with van der Waals surface area (Å²) in [4.78, 5) is 16.5. The zero-order valence-corrected chi connectivity index (χ0v) is 14.4. The van der Waals surface area contributed by atoms with E-state index in [1.165, 1.54) is 0 Å². The fourth-order valence-corrected chi connectivity index (χ4v) is 4.99. The van der Waals surface area contributed by atoms with Gasteiger partial charge in [-0.2, -0.15) is 0 Å². The van der Waals surface area contributed by atoms with E-state index in [0.717, 1.165) is 21.8 Å². The van der Waals surface area contributed by atoms with Gasteiger partial charge in [0.05, 0.1) is 28.1 Å². The van der Waals surface area contributed by atoms with Crippen molar-refractivity contribution < 1.29 is 13.2 Å². The molecule has 1 amide bonds. The van der Waals surface area contributed by atoms with Crippen LogP contribution in [-0.4, -0.2) is 30.8 Å². The van der Waals surface area contributed by atoms with E-state index in [9.17, 15) is 13.2 Å². The summed E-state index contributed by atoms with van der Waals surface area (Å²) < 4.78 is 22.8. The Hall–Kier alpha value is -1.73. The van der Waals surface area contributed by atoms with Crippen molar-refractivity contribution >= 4 is 27.1 Å². The summed E-state index contributed by atoms with van der Waals surface area (Å²) in [6.45, 7) is 2.38. The largest absolute Gasteiger partial charge is 0.352 e. The van der Waals surface area contributed by atoms with E-state index in [4.69, 9.17) is 0 Å². The van der Waals surface area contributed by atoms with Crippen LogP contribution in [0.15, 0.2) is 29.6 Å². The number of hydrogen-bond acceptors (Lipinski definition) is 5. The lowest BCUT2D eigenvalue weighted by molar-refractivity contribution is -0.124. The molecular weight excluding hydrogens is 332 g/mol. The monoisotopic (exact) mass is 350 g/mol. The van der Waals surface area contributed by atoms with Gasteiger partial charge in [0, 0.05) is 17.5 Å². The molecule has 122 valence electrons. The van der Waals surface area contributed by atoms with E-state index < -0.39 is 15.8 Å². The first-order chi connectivity index (χ1) is 10.9. The number of carbonyl (C=O) groups is 1. The minimum Gasteiger partial charge on any atom is -0.352 e. The quantitative estimate of drug-likeness (QED) is 0.917. The van der Waals surface area contributed by atoms with E-state index >= 15 is 0 Å². The molecule has 0 bridgehead atoms. The molecule has 1 fully saturated rings. The first-order valence-corrected chi connectivity index (χ1v) is 10.1. The average Bonchev–Trinajstić information content (AvgIpc) is 3.11. The lowest BCUT2D eigenvalue weighted by Gasteiger charge is -2.09. The van der Waals surface area contributed by atoms with Crippen LogP contribution in [0.4, 0.5) is 0 Å². The maximum atomic E-state index is 12.0. The minimum atomic E-state index is -3.02. The van der Waals surface area contributed by atoms with E-state index in [2.05, 4.69) is 10.3 Å². The molecule has 1 aliphatic heterocycles. The van der Waals surface area contributed by atoms with Crippen molar-refractivity contribution in [3.05, 3.63) is 40.2 Å². The Bertz CT molecular complexity index is 810. The Morgan fingerprint density at radius 3 is 2.65 bits per heavy atom. The van der Waals surface area contributed by atoms with E-state index in [-0.39, 0.29) is 17.4 Å². The molecule has 1 N–H and O–H groups in total. The average molecular weight is 350 g/mol. The molecule has 23 heavy (non-hydrogen) atoms. The number of carbonyl (C=O) groups excluding carboxylic acids is 1. The molecule has 1 aliphatic rings. The highest BCUT2D eigenvalue weighted by molar-refractivity contribution is 7.91. The van der Waals surface area contributed by atoms with Crippen LogP contribution in [0.5, 0.6) is 0 Å². The van der Waals surface area contributed by atoms with Crippen LogP contribution < -0.4 is 5.32 Å². The Morgan fingerprint density at radius 1 is 1.35 bits per heavy atom. The summed E-state index contributed by atoms with van der Waals surface area (Å²) in [5.41, 5.74) is 2.99. The number of rotatable bonds is 4. The molecule has 0 saturated carbocycles. The maximum Gasteiger partial charge on any atom is 0.224 e. The van der Waals surface area contributed by atoms with Crippen molar-refractivity contribution in [2.45, 2.75) is 19.9 Å². The number of amides is 1. The number of hydrogen-bond donors (Lipinski definition) is 1. The van der Waals surface area contributed by atoms with Crippen LogP contribution in [0.1, 0.15) is 17.0 Å². The zero-order chi connectivity index (χ0) is 16.4. The first-order valence-electron chi connectivity index (χ1n) is 7.42. The number of sulfone groups is 1. The molecule has 7 heteroatoms. The Labute approximate surface area is 139 Å². The molecule has 3 rings (SSSR count). The number of benzene rings is 1. The van der Waals surface area contributed by atoms with Gasteiger partial charge in [0.1, 0.15) is 0 Å². The number of aromatic nitrogens is 1. The molecule has 5 nitrogen and oxygen atoms in total. The molecule has 1 aromatic carbocycles. The molecule has 0 spiro atoms. The number of nitrogens with zero attached hydrogens (tertiary/aromatic N) is 1. The first kappa shape index (κ1) is 16.1. The molecule has 1 saturated heterocycles. The fourth-order valence-electron chi connectivity index (χ4n) is 2.62. The standard InChI is InChI=1S/C16H18N2O3S2/c1-11-18-15(9-22-11)13-4-2-12(3-5-13)8-17-16(19)14-6-7-23(20,21)10-14/h2-5,9,14H,6-8,10H2,1H3,(H,17,19). The second kappa shape index (κ2) is 6.41. The highest BCUT2D eigenvalue weighted by Crippen LogP contribution is 2.22. The lowest BCUT2D eigenvalue weighted by atomic mass is 10.1. The van der Waals surface area contributed by atoms with Crippen molar-refractivity contribution in [1.82, 2.24) is 10.3 Å². The molecular formula is C16H18N2O3S2. The Morgan fingerprint density at radius 2 is 2.09 bits per heavy atom. The van der Waals surface area contributed by atoms with Gasteiger partial charge >= 0.3 is 0 Å². The lowest BCUT2D eigenvalue weighted by Crippen LogP contribution is -2.30. The highest BCUT2D eigenvalue weighted by atomic mass is 32.2. The summed E-state index contributed by atoms with van der Waals surface area (Å²) in [6.07, 6.45) is 0.427. The zero-order valence-electron chi connectivity index (χ0n) is 12.8. The van der Waals surface area contributed by atoms with Gasteiger partial charge in [0.2, 0.25) is 5.91 Å². The number of thiazole rings is 1. The predicted octanol–water partition coefficient (Wildman–Crippen LogP) is 2.17. The predicted molar refractivity (Wildman–Crippen MR) is 90.9 cm³/mol. The highest BCUT2D eigenvalue weighted by Gasteiger charge is 2.32. The van der Waals surface area contributed by atoms with Crippen LogP contribution in [0, 0.1) is 12.8 Å². The van der Waals surface area contributed by atoms with Crippen LogP contribution in [0.2, 0.25) is 0 Å². The van der Waals surface area contributed by atoms with Gasteiger partial charge in [-0.15, -0.1) is 11.3 Å². The van der Waals surface area contributed by atoms with Crippen molar-refractivity contribution in [1.29, 1.82) is 0 Å². The molecule has 1 atom stereocenters. The van der Waals surface area contributed by atoms with Gasteiger partial charge in [0.25, 0.3) is 0 Å². The number of nitrogens with one attached hydrogen (secondary N) is 1. The van der Waals surface area contributed by atoms with Gasteiger partial charge in [-0.1, -0.05) is 24.3 Å². The number of aryl methyl sites for hydroxylation is 1. The third-order valence-corrected chi connectivity index (χ3v) is 6.48. The molecule has 0 aliphatic carbocycles.